The number of nitrogens with zero attached hydrogens (tertiary/aromatic N) is 1. The highest BCUT2D eigenvalue weighted by molar-refractivity contribution is 5.94. The molecule has 2 aromatic rings. The Morgan fingerprint density at radius 3 is 2.44 bits per heavy atom. The van der Waals surface area contributed by atoms with E-state index in [1.807, 2.05) is 0 Å². The summed E-state index contributed by atoms with van der Waals surface area (Å²) in [6.07, 6.45) is 0.000367. The predicted octanol–water partition coefficient (Wildman–Crippen LogP) is 2.88. The van der Waals surface area contributed by atoms with E-state index in [1.165, 1.54) is 17.0 Å². The minimum atomic E-state index is -0.966. The summed E-state index contributed by atoms with van der Waals surface area (Å²) in [5.41, 5.74) is 0.357. The molecule has 25 heavy (non-hydrogen) atoms. The molecule has 0 fully saturated rings. The number of amides is 2. The molecule has 4 nitrogen and oxygen atoms in total. The van der Waals surface area contributed by atoms with Crippen LogP contribution in [0.5, 0.6) is 0 Å². The number of rotatable bonds is 6. The summed E-state index contributed by atoms with van der Waals surface area (Å²) in [6, 6.07) is 8.55. The van der Waals surface area contributed by atoms with Gasteiger partial charge in [0.05, 0.1) is 5.56 Å². The van der Waals surface area contributed by atoms with E-state index >= 15 is 0 Å². The highest BCUT2D eigenvalue weighted by Crippen LogP contribution is 2.10. The smallest absolute Gasteiger partial charge is 0.254 e. The van der Waals surface area contributed by atoms with Crippen LogP contribution in [0.2, 0.25) is 0 Å². The highest BCUT2D eigenvalue weighted by atomic mass is 19.1. The number of carbonyl (C=O) groups excluding carboxylic acids is 2. The molecule has 0 heterocycles. The monoisotopic (exact) mass is 350 g/mol. The molecule has 0 aliphatic carbocycles. The molecule has 2 rings (SSSR count). The molecule has 0 spiro atoms. The summed E-state index contributed by atoms with van der Waals surface area (Å²) < 4.78 is 39.4. The van der Waals surface area contributed by atoms with E-state index in [2.05, 4.69) is 5.32 Å². The van der Waals surface area contributed by atoms with Gasteiger partial charge in [0.15, 0.2) is 0 Å². The molecule has 0 aromatic heterocycles. The van der Waals surface area contributed by atoms with Gasteiger partial charge in [-0.3, -0.25) is 9.59 Å². The molecule has 0 aliphatic rings. The fourth-order valence-electron chi connectivity index (χ4n) is 2.24. The van der Waals surface area contributed by atoms with Crippen LogP contribution in [0.1, 0.15) is 22.3 Å². The third-order valence-corrected chi connectivity index (χ3v) is 3.53. The van der Waals surface area contributed by atoms with Crippen LogP contribution in [0.3, 0.4) is 0 Å². The van der Waals surface area contributed by atoms with Crippen LogP contribution in [0.15, 0.2) is 42.5 Å². The molecular formula is C18H17F3N2O2. The molecule has 0 saturated carbocycles. The van der Waals surface area contributed by atoms with Crippen LogP contribution in [-0.2, 0) is 11.3 Å². The molecule has 2 amide bonds. The highest BCUT2D eigenvalue weighted by Gasteiger charge is 2.14. The number of hydrogen-bond donors (Lipinski definition) is 1. The second-order valence-electron chi connectivity index (χ2n) is 5.51. The van der Waals surface area contributed by atoms with Crippen molar-refractivity contribution < 1.29 is 22.8 Å². The van der Waals surface area contributed by atoms with E-state index in [0.717, 1.165) is 12.1 Å². The molecule has 0 unspecified atom stereocenters. The van der Waals surface area contributed by atoms with Gasteiger partial charge in [0, 0.05) is 32.6 Å². The second-order valence-corrected chi connectivity index (χ2v) is 5.51. The van der Waals surface area contributed by atoms with Crippen molar-refractivity contribution in [3.8, 4) is 0 Å². The van der Waals surface area contributed by atoms with Gasteiger partial charge in [-0.1, -0.05) is 12.1 Å². The first-order valence-electron chi connectivity index (χ1n) is 7.58. The SMILES string of the molecule is CN(Cc1cccc(F)c1)C(=O)CCNC(=O)c1ccc(F)cc1F. The number of nitrogens with one attached hydrogen (secondary N) is 1. The van der Waals surface area contributed by atoms with Crippen molar-refractivity contribution >= 4 is 11.8 Å². The number of carbonyl (C=O) groups is 2. The van der Waals surface area contributed by atoms with Crippen molar-refractivity contribution in [1.29, 1.82) is 0 Å². The molecule has 0 bridgehead atoms. The lowest BCUT2D eigenvalue weighted by atomic mass is 10.2. The van der Waals surface area contributed by atoms with Gasteiger partial charge in [-0.25, -0.2) is 13.2 Å². The molecule has 132 valence electrons. The third kappa shape index (κ3) is 5.34. The molecular weight excluding hydrogens is 333 g/mol. The number of hydrogen-bond acceptors (Lipinski definition) is 2. The maximum Gasteiger partial charge on any atom is 0.254 e. The molecule has 1 N–H and O–H groups in total. The summed E-state index contributed by atoms with van der Waals surface area (Å²) >= 11 is 0. The fourth-order valence-corrected chi connectivity index (χ4v) is 2.24. The van der Waals surface area contributed by atoms with Crippen LogP contribution in [0.4, 0.5) is 13.2 Å². The van der Waals surface area contributed by atoms with E-state index in [9.17, 15) is 22.8 Å². The summed E-state index contributed by atoms with van der Waals surface area (Å²) in [4.78, 5) is 25.2. The van der Waals surface area contributed by atoms with Crippen LogP contribution in [-0.4, -0.2) is 30.3 Å². The Labute approximate surface area is 143 Å². The Bertz CT molecular complexity index is 781. The lowest BCUT2D eigenvalue weighted by Gasteiger charge is -2.17. The number of benzene rings is 2. The van der Waals surface area contributed by atoms with Crippen LogP contribution in [0.25, 0.3) is 0 Å². The minimum absolute atomic E-state index is 0.000367. The second kappa shape index (κ2) is 8.32. The molecule has 0 atom stereocenters. The van der Waals surface area contributed by atoms with Crippen molar-refractivity contribution in [3.05, 3.63) is 71.0 Å². The lowest BCUT2D eigenvalue weighted by Crippen LogP contribution is -2.32. The zero-order valence-corrected chi connectivity index (χ0v) is 13.6. The maximum atomic E-state index is 13.5. The topological polar surface area (TPSA) is 49.4 Å². The standard InChI is InChI=1S/C18H17F3N2O2/c1-23(11-12-3-2-4-13(19)9-12)17(24)7-8-22-18(25)15-6-5-14(20)10-16(15)21/h2-6,9-10H,7-8,11H2,1H3,(H,22,25). The fraction of sp³-hybridized carbons (Fsp3) is 0.222. The normalized spacial score (nSPS) is 10.4. The van der Waals surface area contributed by atoms with Crippen molar-refractivity contribution in [2.24, 2.45) is 0 Å². The zero-order chi connectivity index (χ0) is 18.4. The minimum Gasteiger partial charge on any atom is -0.351 e. The van der Waals surface area contributed by atoms with Crippen LogP contribution in [0, 0.1) is 17.5 Å². The average molecular weight is 350 g/mol. The van der Waals surface area contributed by atoms with Gasteiger partial charge in [0.2, 0.25) is 5.91 Å². The van der Waals surface area contributed by atoms with Gasteiger partial charge in [-0.15, -0.1) is 0 Å². The Kier molecular flexibility index (Phi) is 6.16. The van der Waals surface area contributed by atoms with Gasteiger partial charge in [0.25, 0.3) is 5.91 Å². The first-order chi connectivity index (χ1) is 11.9. The van der Waals surface area contributed by atoms with Crippen molar-refractivity contribution in [1.82, 2.24) is 10.2 Å². The van der Waals surface area contributed by atoms with E-state index < -0.39 is 17.5 Å². The number of halogens is 3. The third-order valence-electron chi connectivity index (χ3n) is 3.53. The molecule has 7 heteroatoms. The van der Waals surface area contributed by atoms with Gasteiger partial charge >= 0.3 is 0 Å². The molecule has 0 aliphatic heterocycles. The predicted molar refractivity (Wildman–Crippen MR) is 86.2 cm³/mol. The lowest BCUT2D eigenvalue weighted by molar-refractivity contribution is -0.130. The summed E-state index contributed by atoms with van der Waals surface area (Å²) in [5, 5.41) is 2.41. The van der Waals surface area contributed by atoms with E-state index in [4.69, 9.17) is 0 Å². The van der Waals surface area contributed by atoms with E-state index in [1.54, 1.807) is 19.2 Å². The first-order valence-corrected chi connectivity index (χ1v) is 7.58. The van der Waals surface area contributed by atoms with Crippen LogP contribution >= 0.6 is 0 Å². The molecule has 2 aromatic carbocycles. The van der Waals surface area contributed by atoms with Crippen molar-refractivity contribution in [2.45, 2.75) is 13.0 Å². The van der Waals surface area contributed by atoms with E-state index in [0.29, 0.717) is 11.6 Å². The van der Waals surface area contributed by atoms with Gasteiger partial charge in [0.1, 0.15) is 17.5 Å². The summed E-state index contributed by atoms with van der Waals surface area (Å²) in [6.45, 7) is 0.235. The largest absolute Gasteiger partial charge is 0.351 e. The zero-order valence-electron chi connectivity index (χ0n) is 13.6. The van der Waals surface area contributed by atoms with Crippen LogP contribution < -0.4 is 5.32 Å². The molecule has 0 saturated heterocycles. The maximum absolute atomic E-state index is 13.5. The van der Waals surface area contributed by atoms with Gasteiger partial charge in [-0.2, -0.15) is 0 Å². The summed E-state index contributed by atoms with van der Waals surface area (Å²) in [5.74, 6) is -3.11. The van der Waals surface area contributed by atoms with Gasteiger partial charge in [-0.05, 0) is 29.8 Å². The Morgan fingerprint density at radius 1 is 1.04 bits per heavy atom. The Morgan fingerprint density at radius 2 is 1.76 bits per heavy atom. The van der Waals surface area contributed by atoms with E-state index in [-0.39, 0.29) is 36.8 Å². The average Bonchev–Trinajstić information content (AvgIpc) is 2.54. The quantitative estimate of drug-likeness (QED) is 0.871. The summed E-state index contributed by atoms with van der Waals surface area (Å²) in [7, 11) is 1.56. The first kappa shape index (κ1) is 18.5. The Hall–Kier alpha value is -2.83. The van der Waals surface area contributed by atoms with Gasteiger partial charge < -0.3 is 10.2 Å². The Balaban J connectivity index is 1.82. The van der Waals surface area contributed by atoms with Crippen molar-refractivity contribution in [3.63, 3.8) is 0 Å². The molecule has 0 radical (unpaired) electrons. The van der Waals surface area contributed by atoms with Crippen molar-refractivity contribution in [2.75, 3.05) is 13.6 Å².